The Morgan fingerprint density at radius 3 is 2.50 bits per heavy atom. The predicted molar refractivity (Wildman–Crippen MR) is 79.8 cm³/mol. The zero-order valence-electron chi connectivity index (χ0n) is 13.3. The van der Waals surface area contributed by atoms with Crippen LogP contribution in [0.1, 0.15) is 17.3 Å². The van der Waals surface area contributed by atoms with Gasteiger partial charge in [0.05, 0.1) is 11.7 Å². The number of carbonyl (C=O) groups is 1. The van der Waals surface area contributed by atoms with Gasteiger partial charge in [0.1, 0.15) is 0 Å². The van der Waals surface area contributed by atoms with Crippen LogP contribution >= 0.6 is 0 Å². The normalized spacial score (nSPS) is 17.6. The van der Waals surface area contributed by atoms with Crippen molar-refractivity contribution in [3.05, 3.63) is 23.9 Å². The van der Waals surface area contributed by atoms with E-state index < -0.39 is 18.9 Å². The first-order valence-corrected chi connectivity index (χ1v) is 7.60. The Morgan fingerprint density at radius 1 is 1.33 bits per heavy atom. The number of hydrogen-bond acceptors (Lipinski definition) is 5. The van der Waals surface area contributed by atoms with Crippen molar-refractivity contribution < 1.29 is 27.8 Å². The predicted octanol–water partition coefficient (Wildman–Crippen LogP) is 1.16. The highest BCUT2D eigenvalue weighted by Gasteiger charge is 2.29. The van der Waals surface area contributed by atoms with Gasteiger partial charge in [-0.1, -0.05) is 0 Å². The van der Waals surface area contributed by atoms with E-state index in [4.69, 9.17) is 0 Å². The molecule has 0 aliphatic carbocycles. The molecule has 6 nitrogen and oxygen atoms in total. The first-order chi connectivity index (χ1) is 11.2. The molecule has 1 unspecified atom stereocenters. The summed E-state index contributed by atoms with van der Waals surface area (Å²) in [5.74, 6) is -0.396. The molecule has 0 radical (unpaired) electrons. The standard InChI is InChI=1S/C15H20F3N3O3/c1-11(22)9-20-4-6-21(7-5-20)14(23)12-2-3-13(19-8-12)24-10-15(16,17)18/h2-3,8,11,22H,4-7,9-10H2,1H3. The minimum atomic E-state index is -4.43. The summed E-state index contributed by atoms with van der Waals surface area (Å²) in [6.45, 7) is 3.24. The van der Waals surface area contributed by atoms with E-state index in [1.54, 1.807) is 11.8 Å². The largest absolute Gasteiger partial charge is 0.468 e. The number of β-amino-alcohol motifs (C(OH)–C–C–N with tert-alkyl or cyclic N) is 1. The first kappa shape index (κ1) is 18.5. The van der Waals surface area contributed by atoms with E-state index in [1.807, 2.05) is 0 Å². The van der Waals surface area contributed by atoms with E-state index in [-0.39, 0.29) is 11.8 Å². The van der Waals surface area contributed by atoms with E-state index in [0.29, 0.717) is 38.3 Å². The van der Waals surface area contributed by atoms with Gasteiger partial charge in [-0.2, -0.15) is 13.2 Å². The average Bonchev–Trinajstić information content (AvgIpc) is 2.52. The smallest absolute Gasteiger partial charge is 0.422 e. The molecule has 24 heavy (non-hydrogen) atoms. The summed E-state index contributed by atoms with van der Waals surface area (Å²) in [5.41, 5.74) is 0.304. The highest BCUT2D eigenvalue weighted by molar-refractivity contribution is 5.94. The van der Waals surface area contributed by atoms with Gasteiger partial charge in [-0.05, 0) is 13.0 Å². The van der Waals surface area contributed by atoms with Gasteiger partial charge in [0.25, 0.3) is 5.91 Å². The molecule has 134 valence electrons. The number of rotatable bonds is 5. The quantitative estimate of drug-likeness (QED) is 0.866. The van der Waals surface area contributed by atoms with Crippen molar-refractivity contribution in [3.8, 4) is 5.88 Å². The third-order valence-corrected chi connectivity index (χ3v) is 3.55. The van der Waals surface area contributed by atoms with Crippen molar-refractivity contribution in [2.45, 2.75) is 19.2 Å². The Balaban J connectivity index is 1.87. The lowest BCUT2D eigenvalue weighted by atomic mass is 10.2. The average molecular weight is 347 g/mol. The third-order valence-electron chi connectivity index (χ3n) is 3.55. The number of piperazine rings is 1. The lowest BCUT2D eigenvalue weighted by Crippen LogP contribution is -2.50. The summed E-state index contributed by atoms with van der Waals surface area (Å²) >= 11 is 0. The number of aliphatic hydroxyl groups is 1. The Hall–Kier alpha value is -1.87. The van der Waals surface area contributed by atoms with Crippen molar-refractivity contribution in [3.63, 3.8) is 0 Å². The minimum Gasteiger partial charge on any atom is -0.468 e. The van der Waals surface area contributed by atoms with Crippen molar-refractivity contribution >= 4 is 5.91 Å². The van der Waals surface area contributed by atoms with Crippen LogP contribution in [-0.4, -0.2) is 77.4 Å². The zero-order valence-corrected chi connectivity index (χ0v) is 13.3. The van der Waals surface area contributed by atoms with Crippen molar-refractivity contribution in [2.24, 2.45) is 0 Å². The van der Waals surface area contributed by atoms with Gasteiger partial charge in [-0.15, -0.1) is 0 Å². The Kier molecular flexibility index (Phi) is 6.00. The molecule has 1 saturated heterocycles. The summed E-state index contributed by atoms with van der Waals surface area (Å²) in [5, 5.41) is 9.36. The van der Waals surface area contributed by atoms with Gasteiger partial charge in [-0.25, -0.2) is 4.98 Å². The lowest BCUT2D eigenvalue weighted by Gasteiger charge is -2.35. The SMILES string of the molecule is CC(O)CN1CCN(C(=O)c2ccc(OCC(F)(F)F)nc2)CC1. The number of alkyl halides is 3. The van der Waals surface area contributed by atoms with Gasteiger partial charge in [0.2, 0.25) is 5.88 Å². The van der Waals surface area contributed by atoms with Gasteiger partial charge in [0, 0.05) is 45.0 Å². The molecule has 1 N–H and O–H groups in total. The monoisotopic (exact) mass is 347 g/mol. The number of hydrogen-bond donors (Lipinski definition) is 1. The molecular formula is C15H20F3N3O3. The highest BCUT2D eigenvalue weighted by atomic mass is 19.4. The molecule has 1 aromatic rings. The van der Waals surface area contributed by atoms with Crippen LogP contribution in [0.15, 0.2) is 18.3 Å². The Labute approximate surface area is 137 Å². The first-order valence-electron chi connectivity index (χ1n) is 7.60. The molecule has 9 heteroatoms. The molecule has 1 amide bonds. The number of aliphatic hydroxyl groups excluding tert-OH is 1. The molecule has 2 heterocycles. The molecule has 1 fully saturated rings. The maximum Gasteiger partial charge on any atom is 0.422 e. The van der Waals surface area contributed by atoms with Crippen LogP contribution in [-0.2, 0) is 0 Å². The van der Waals surface area contributed by atoms with Crippen LogP contribution in [0.5, 0.6) is 5.88 Å². The molecular weight excluding hydrogens is 327 g/mol. The molecule has 1 aliphatic heterocycles. The highest BCUT2D eigenvalue weighted by Crippen LogP contribution is 2.17. The fourth-order valence-corrected chi connectivity index (χ4v) is 2.44. The molecule has 0 saturated carbocycles. The summed E-state index contributed by atoms with van der Waals surface area (Å²) in [6.07, 6.45) is -3.63. The van der Waals surface area contributed by atoms with E-state index in [9.17, 15) is 23.1 Å². The fraction of sp³-hybridized carbons (Fsp3) is 0.600. The Bertz CT molecular complexity index is 541. The van der Waals surface area contributed by atoms with E-state index in [1.165, 1.54) is 18.3 Å². The van der Waals surface area contributed by atoms with Crippen LogP contribution < -0.4 is 4.74 Å². The van der Waals surface area contributed by atoms with Crippen LogP contribution in [0.3, 0.4) is 0 Å². The number of carbonyl (C=O) groups excluding carboxylic acids is 1. The lowest BCUT2D eigenvalue weighted by molar-refractivity contribution is -0.154. The van der Waals surface area contributed by atoms with Gasteiger partial charge >= 0.3 is 6.18 Å². The van der Waals surface area contributed by atoms with E-state index in [2.05, 4.69) is 14.6 Å². The summed E-state index contributed by atoms with van der Waals surface area (Å²) < 4.78 is 40.7. The molecule has 1 aromatic heterocycles. The third kappa shape index (κ3) is 5.64. The second-order valence-corrected chi connectivity index (χ2v) is 5.73. The second kappa shape index (κ2) is 7.80. The van der Waals surface area contributed by atoms with E-state index >= 15 is 0 Å². The molecule has 0 spiro atoms. The van der Waals surface area contributed by atoms with Crippen molar-refractivity contribution in [1.82, 2.24) is 14.8 Å². The minimum absolute atomic E-state index is 0.175. The maximum absolute atomic E-state index is 12.4. The number of ether oxygens (including phenoxy) is 1. The Morgan fingerprint density at radius 2 is 2.00 bits per heavy atom. The van der Waals surface area contributed by atoms with Gasteiger partial charge in [0.15, 0.2) is 6.61 Å². The number of nitrogens with zero attached hydrogens (tertiary/aromatic N) is 3. The van der Waals surface area contributed by atoms with Gasteiger partial charge < -0.3 is 14.7 Å². The van der Waals surface area contributed by atoms with Crippen LogP contribution in [0.4, 0.5) is 13.2 Å². The second-order valence-electron chi connectivity index (χ2n) is 5.73. The van der Waals surface area contributed by atoms with Crippen LogP contribution in [0.25, 0.3) is 0 Å². The summed E-state index contributed by atoms with van der Waals surface area (Å²) in [4.78, 5) is 19.8. The molecule has 0 bridgehead atoms. The molecule has 1 atom stereocenters. The molecule has 1 aliphatic rings. The van der Waals surface area contributed by atoms with Crippen molar-refractivity contribution in [1.29, 1.82) is 0 Å². The van der Waals surface area contributed by atoms with Gasteiger partial charge in [-0.3, -0.25) is 9.69 Å². The maximum atomic E-state index is 12.4. The number of amides is 1. The van der Waals surface area contributed by atoms with Crippen molar-refractivity contribution in [2.75, 3.05) is 39.3 Å². The molecule has 2 rings (SSSR count). The van der Waals surface area contributed by atoms with E-state index in [0.717, 1.165) is 0 Å². The topological polar surface area (TPSA) is 65.9 Å². The zero-order chi connectivity index (χ0) is 17.7. The summed E-state index contributed by atoms with van der Waals surface area (Å²) in [6, 6.07) is 2.66. The number of pyridine rings is 1. The van der Waals surface area contributed by atoms with Crippen LogP contribution in [0.2, 0.25) is 0 Å². The molecule has 0 aromatic carbocycles. The van der Waals surface area contributed by atoms with Crippen LogP contribution in [0, 0.1) is 0 Å². The fourth-order valence-electron chi connectivity index (χ4n) is 2.44. The number of halogens is 3. The summed E-state index contributed by atoms with van der Waals surface area (Å²) in [7, 11) is 0. The number of aromatic nitrogens is 1.